The Hall–Kier alpha value is -1.10. The number of nitrogens with zero attached hydrogens (tertiary/aromatic N) is 1. The lowest BCUT2D eigenvalue weighted by molar-refractivity contribution is -0.144. The molecule has 2 atom stereocenters. The van der Waals surface area contributed by atoms with E-state index in [-0.39, 0.29) is 11.9 Å². The molecule has 42 heavy (non-hydrogen) atoms. The molecule has 0 aliphatic heterocycles. The molecule has 0 rings (SSSR count). The second-order valence-corrected chi connectivity index (χ2v) is 12.8. The van der Waals surface area contributed by atoms with Gasteiger partial charge in [0.15, 0.2) is 0 Å². The van der Waals surface area contributed by atoms with E-state index < -0.39 is 0 Å². The van der Waals surface area contributed by atoms with Crippen molar-refractivity contribution >= 4 is 11.9 Å². The third-order valence-corrected chi connectivity index (χ3v) is 8.68. The van der Waals surface area contributed by atoms with Gasteiger partial charge in [0.1, 0.15) is 0 Å². The Morgan fingerprint density at radius 2 is 0.786 bits per heavy atom. The van der Waals surface area contributed by atoms with Crippen LogP contribution in [-0.2, 0) is 19.1 Å². The van der Waals surface area contributed by atoms with Crippen molar-refractivity contribution in [2.45, 2.75) is 207 Å². The van der Waals surface area contributed by atoms with Crippen LogP contribution in [-0.4, -0.2) is 48.7 Å². The molecule has 5 heteroatoms. The normalized spacial score (nSPS) is 12.9. The van der Waals surface area contributed by atoms with Crippen molar-refractivity contribution in [3.63, 3.8) is 0 Å². The van der Waals surface area contributed by atoms with Gasteiger partial charge in [-0.1, -0.05) is 136 Å². The molecule has 0 heterocycles. The summed E-state index contributed by atoms with van der Waals surface area (Å²) in [4.78, 5) is 26.9. The van der Waals surface area contributed by atoms with Crippen molar-refractivity contribution in [2.75, 3.05) is 19.8 Å². The maximum absolute atomic E-state index is 12.2. The Kier molecular flexibility index (Phi) is 30.5. The van der Waals surface area contributed by atoms with Crippen molar-refractivity contribution in [3.8, 4) is 0 Å². The van der Waals surface area contributed by atoms with Gasteiger partial charge in [0, 0.05) is 24.9 Å². The average Bonchev–Trinajstić information content (AvgIpc) is 2.97. The van der Waals surface area contributed by atoms with Crippen molar-refractivity contribution in [1.29, 1.82) is 0 Å². The second kappa shape index (κ2) is 31.3. The van der Waals surface area contributed by atoms with Crippen LogP contribution < -0.4 is 0 Å². The van der Waals surface area contributed by atoms with Gasteiger partial charge in [-0.3, -0.25) is 14.5 Å². The molecule has 0 aliphatic rings. The number of hydrogen-bond acceptors (Lipinski definition) is 5. The molecule has 0 spiro atoms. The molecular formula is C37H73NO4. The van der Waals surface area contributed by atoms with Gasteiger partial charge < -0.3 is 9.47 Å². The highest BCUT2D eigenvalue weighted by Gasteiger charge is 2.20. The molecule has 0 saturated carbocycles. The van der Waals surface area contributed by atoms with E-state index >= 15 is 0 Å². The molecule has 0 radical (unpaired) electrons. The van der Waals surface area contributed by atoms with Crippen molar-refractivity contribution in [2.24, 2.45) is 0 Å². The molecule has 0 aliphatic carbocycles. The standard InChI is InChI=1S/C37H73NO4/c1-6-9-11-13-15-17-19-21-23-25-27-36(39)41-32-29-34(4)38(31-8-3)35(5)30-33-42-37(40)28-26-24-22-20-18-16-14-12-10-7-2/h34-35H,6-33H2,1-5H3. The molecule has 5 nitrogen and oxygen atoms in total. The van der Waals surface area contributed by atoms with Crippen molar-refractivity contribution in [3.05, 3.63) is 0 Å². The first kappa shape index (κ1) is 40.9. The fraction of sp³-hybridized carbons (Fsp3) is 0.946. The number of rotatable bonds is 32. The molecule has 0 aromatic carbocycles. The smallest absolute Gasteiger partial charge is 0.305 e. The van der Waals surface area contributed by atoms with E-state index in [1.165, 1.54) is 103 Å². The first-order chi connectivity index (χ1) is 20.5. The summed E-state index contributed by atoms with van der Waals surface area (Å²) in [5, 5.41) is 0. The summed E-state index contributed by atoms with van der Waals surface area (Å²) in [6.45, 7) is 13.1. The summed E-state index contributed by atoms with van der Waals surface area (Å²) in [6.07, 6.45) is 29.3. The zero-order valence-corrected chi connectivity index (χ0v) is 29.0. The summed E-state index contributed by atoms with van der Waals surface area (Å²) >= 11 is 0. The van der Waals surface area contributed by atoms with Crippen LogP contribution in [0.5, 0.6) is 0 Å². The van der Waals surface area contributed by atoms with Crippen molar-refractivity contribution < 1.29 is 19.1 Å². The minimum Gasteiger partial charge on any atom is -0.466 e. The lowest BCUT2D eigenvalue weighted by Gasteiger charge is -2.34. The van der Waals surface area contributed by atoms with Gasteiger partial charge >= 0.3 is 11.9 Å². The van der Waals surface area contributed by atoms with Crippen LogP contribution in [0.25, 0.3) is 0 Å². The predicted octanol–water partition coefficient (Wildman–Crippen LogP) is 11.0. The first-order valence-electron chi connectivity index (χ1n) is 18.5. The first-order valence-corrected chi connectivity index (χ1v) is 18.5. The van der Waals surface area contributed by atoms with Crippen LogP contribution in [0.1, 0.15) is 195 Å². The Balaban J connectivity index is 3.90. The van der Waals surface area contributed by atoms with Crippen LogP contribution in [0, 0.1) is 0 Å². The quantitative estimate of drug-likeness (QED) is 0.0572. The minimum atomic E-state index is -0.0498. The van der Waals surface area contributed by atoms with E-state index in [4.69, 9.17) is 9.47 Å². The van der Waals surface area contributed by atoms with Gasteiger partial charge in [0.25, 0.3) is 0 Å². The van der Waals surface area contributed by atoms with E-state index in [2.05, 4.69) is 39.5 Å². The Morgan fingerprint density at radius 1 is 0.476 bits per heavy atom. The number of esters is 2. The summed E-state index contributed by atoms with van der Waals surface area (Å²) < 4.78 is 11.1. The molecule has 0 saturated heterocycles. The lowest BCUT2D eigenvalue weighted by Crippen LogP contribution is -2.42. The van der Waals surface area contributed by atoms with Crippen LogP contribution in [0.3, 0.4) is 0 Å². The molecule has 0 N–H and O–H groups in total. The van der Waals surface area contributed by atoms with Crippen LogP contribution in [0.15, 0.2) is 0 Å². The highest BCUT2D eigenvalue weighted by molar-refractivity contribution is 5.69. The fourth-order valence-corrected chi connectivity index (χ4v) is 5.81. The highest BCUT2D eigenvalue weighted by atomic mass is 16.5. The Labute approximate surface area is 262 Å². The summed E-state index contributed by atoms with van der Waals surface area (Å²) in [5.74, 6) is -0.0997. The summed E-state index contributed by atoms with van der Waals surface area (Å²) in [6, 6.07) is 0.653. The number of ether oxygens (including phenoxy) is 2. The van der Waals surface area contributed by atoms with Gasteiger partial charge in [-0.2, -0.15) is 0 Å². The number of hydrogen-bond donors (Lipinski definition) is 0. The Bertz CT molecular complexity index is 548. The maximum atomic E-state index is 12.2. The van der Waals surface area contributed by atoms with E-state index in [0.717, 1.165) is 51.5 Å². The summed E-state index contributed by atoms with van der Waals surface area (Å²) in [7, 11) is 0. The predicted molar refractivity (Wildman–Crippen MR) is 180 cm³/mol. The zero-order chi connectivity index (χ0) is 31.1. The molecule has 0 aromatic heterocycles. The molecule has 250 valence electrons. The molecule has 0 bridgehead atoms. The highest BCUT2D eigenvalue weighted by Crippen LogP contribution is 2.16. The topological polar surface area (TPSA) is 55.8 Å². The average molecular weight is 596 g/mol. The van der Waals surface area contributed by atoms with E-state index in [9.17, 15) is 9.59 Å². The van der Waals surface area contributed by atoms with Crippen LogP contribution >= 0.6 is 0 Å². The molecular weight excluding hydrogens is 522 g/mol. The third-order valence-electron chi connectivity index (χ3n) is 8.68. The maximum Gasteiger partial charge on any atom is 0.305 e. The van der Waals surface area contributed by atoms with E-state index in [1.807, 2.05) is 0 Å². The molecule has 0 aromatic rings. The number of unbranched alkanes of at least 4 members (excludes halogenated alkanes) is 18. The summed E-state index contributed by atoms with van der Waals surface area (Å²) in [5.41, 5.74) is 0. The SMILES string of the molecule is CCCCCCCCCCCCC(=O)OCCC(C)N(CCC)C(C)CCOC(=O)CCCCCCCCCCCC. The zero-order valence-electron chi connectivity index (χ0n) is 29.0. The van der Waals surface area contributed by atoms with Crippen LogP contribution in [0.4, 0.5) is 0 Å². The number of carbonyl (C=O) groups is 2. The van der Waals surface area contributed by atoms with Gasteiger partial charge in [-0.15, -0.1) is 0 Å². The van der Waals surface area contributed by atoms with Crippen molar-refractivity contribution in [1.82, 2.24) is 4.90 Å². The van der Waals surface area contributed by atoms with Gasteiger partial charge in [-0.05, 0) is 52.5 Å². The lowest BCUT2D eigenvalue weighted by atomic mass is 10.1. The second-order valence-electron chi connectivity index (χ2n) is 12.8. The largest absolute Gasteiger partial charge is 0.466 e. The minimum absolute atomic E-state index is 0.0498. The van der Waals surface area contributed by atoms with Crippen LogP contribution in [0.2, 0.25) is 0 Å². The van der Waals surface area contributed by atoms with Gasteiger partial charge in [0.05, 0.1) is 13.2 Å². The van der Waals surface area contributed by atoms with E-state index in [0.29, 0.717) is 38.1 Å². The monoisotopic (exact) mass is 596 g/mol. The van der Waals surface area contributed by atoms with Gasteiger partial charge in [-0.25, -0.2) is 0 Å². The third kappa shape index (κ3) is 26.5. The molecule has 0 fully saturated rings. The molecule has 0 amide bonds. The Morgan fingerprint density at radius 3 is 1.10 bits per heavy atom. The molecule has 2 unspecified atom stereocenters. The number of carbonyl (C=O) groups excluding carboxylic acids is 2. The fourth-order valence-electron chi connectivity index (χ4n) is 5.81. The van der Waals surface area contributed by atoms with Gasteiger partial charge in [0.2, 0.25) is 0 Å². The van der Waals surface area contributed by atoms with E-state index in [1.54, 1.807) is 0 Å².